The highest BCUT2D eigenvalue weighted by Gasteiger charge is 2.13. The summed E-state index contributed by atoms with van der Waals surface area (Å²) in [6.45, 7) is -0.224. The van der Waals surface area contributed by atoms with E-state index < -0.39 is 5.82 Å². The number of hydrogen-bond acceptors (Lipinski definition) is 5. The number of benzene rings is 1. The van der Waals surface area contributed by atoms with Crippen LogP contribution in [0.1, 0.15) is 11.4 Å². The smallest absolute Gasteiger partial charge is 0.195 e. The average molecular weight is 264 g/mol. The first-order valence-electron chi connectivity index (χ1n) is 5.03. The number of halogens is 1. The predicted molar refractivity (Wildman–Crippen MR) is 62.2 cm³/mol. The zero-order chi connectivity index (χ0) is 13.1. The summed E-state index contributed by atoms with van der Waals surface area (Å²) in [5.74, 6) is -0.153. The molecule has 0 aliphatic heterocycles. The molecule has 0 amide bonds. The van der Waals surface area contributed by atoms with Crippen molar-refractivity contribution in [3.63, 3.8) is 0 Å². The Morgan fingerprint density at radius 2 is 2.28 bits per heavy atom. The molecule has 1 heterocycles. The number of hydrogen-bond donors (Lipinski definition) is 1. The number of aliphatic hydroxyl groups is 1. The van der Waals surface area contributed by atoms with Crippen molar-refractivity contribution in [3.05, 3.63) is 35.4 Å². The second kappa shape index (κ2) is 5.16. The van der Waals surface area contributed by atoms with Gasteiger partial charge in [0, 0.05) is 11.9 Å². The number of nitrogens with zero attached hydrogens (tertiary/aromatic N) is 4. The third-order valence-electron chi connectivity index (χ3n) is 2.35. The molecule has 0 unspecified atom stereocenters. The monoisotopic (exact) mass is 264 g/mol. The van der Waals surface area contributed by atoms with Crippen LogP contribution in [0.3, 0.4) is 0 Å². The van der Waals surface area contributed by atoms with Gasteiger partial charge in [0.2, 0.25) is 0 Å². The van der Waals surface area contributed by atoms with Crippen LogP contribution < -0.4 is 0 Å². The Bertz CT molecular complexity index is 620. The Balaban J connectivity index is 2.38. The molecular formula is C11H9FN4OS. The first kappa shape index (κ1) is 12.5. The van der Waals surface area contributed by atoms with Gasteiger partial charge in [0.05, 0.1) is 0 Å². The van der Waals surface area contributed by atoms with E-state index in [-0.39, 0.29) is 12.2 Å². The van der Waals surface area contributed by atoms with E-state index in [1.807, 2.05) is 6.07 Å². The largest absolute Gasteiger partial charge is 0.388 e. The molecule has 0 fully saturated rings. The van der Waals surface area contributed by atoms with Gasteiger partial charge < -0.3 is 9.67 Å². The molecule has 2 rings (SSSR count). The topological polar surface area (TPSA) is 74.7 Å². The molecule has 1 aromatic carbocycles. The fourth-order valence-corrected chi connectivity index (χ4v) is 2.28. The fraction of sp³-hybridized carbons (Fsp3) is 0.182. The van der Waals surface area contributed by atoms with Crippen LogP contribution in [0.15, 0.2) is 28.3 Å². The van der Waals surface area contributed by atoms with Crippen LogP contribution in [0.5, 0.6) is 0 Å². The van der Waals surface area contributed by atoms with Crippen molar-refractivity contribution in [1.82, 2.24) is 14.8 Å². The highest BCUT2D eigenvalue weighted by atomic mass is 32.2. The molecule has 92 valence electrons. The summed E-state index contributed by atoms with van der Waals surface area (Å²) in [6.07, 6.45) is 0. The summed E-state index contributed by atoms with van der Waals surface area (Å²) in [5.41, 5.74) is -0.0175. The van der Waals surface area contributed by atoms with E-state index in [1.165, 1.54) is 12.1 Å². The minimum atomic E-state index is -0.563. The predicted octanol–water partition coefficient (Wildman–Crippen LogP) is 1.47. The molecule has 0 saturated carbocycles. The lowest BCUT2D eigenvalue weighted by molar-refractivity contribution is 0.266. The molecule has 0 aliphatic carbocycles. The van der Waals surface area contributed by atoms with Gasteiger partial charge in [0.25, 0.3) is 0 Å². The highest BCUT2D eigenvalue weighted by molar-refractivity contribution is 7.99. The zero-order valence-electron chi connectivity index (χ0n) is 9.46. The van der Waals surface area contributed by atoms with Crippen molar-refractivity contribution < 1.29 is 9.50 Å². The summed E-state index contributed by atoms with van der Waals surface area (Å²) in [5, 5.41) is 26.0. The molecule has 7 heteroatoms. The van der Waals surface area contributed by atoms with E-state index in [9.17, 15) is 4.39 Å². The Kier molecular flexibility index (Phi) is 3.60. The van der Waals surface area contributed by atoms with Crippen molar-refractivity contribution in [2.24, 2.45) is 7.05 Å². The molecule has 0 atom stereocenters. The van der Waals surface area contributed by atoms with Crippen LogP contribution >= 0.6 is 11.8 Å². The van der Waals surface area contributed by atoms with Crippen molar-refractivity contribution in [2.45, 2.75) is 16.7 Å². The number of aromatic nitrogens is 3. The quantitative estimate of drug-likeness (QED) is 0.908. The number of aliphatic hydroxyl groups excluding tert-OH is 1. The zero-order valence-corrected chi connectivity index (χ0v) is 10.3. The van der Waals surface area contributed by atoms with Gasteiger partial charge in [-0.05, 0) is 23.9 Å². The van der Waals surface area contributed by atoms with Crippen LogP contribution in [-0.4, -0.2) is 19.9 Å². The van der Waals surface area contributed by atoms with Gasteiger partial charge >= 0.3 is 0 Å². The Hall–Kier alpha value is -1.91. The molecule has 0 bridgehead atoms. The van der Waals surface area contributed by atoms with Gasteiger partial charge in [-0.2, -0.15) is 5.26 Å². The fourth-order valence-electron chi connectivity index (χ4n) is 1.37. The Morgan fingerprint density at radius 1 is 1.50 bits per heavy atom. The molecule has 2 aromatic rings. The van der Waals surface area contributed by atoms with Gasteiger partial charge in [0.15, 0.2) is 11.0 Å². The second-order valence-electron chi connectivity index (χ2n) is 3.44. The maximum atomic E-state index is 13.4. The van der Waals surface area contributed by atoms with Crippen LogP contribution in [0, 0.1) is 17.1 Å². The molecule has 0 spiro atoms. The van der Waals surface area contributed by atoms with Crippen molar-refractivity contribution >= 4 is 11.8 Å². The first-order valence-corrected chi connectivity index (χ1v) is 5.84. The summed E-state index contributed by atoms with van der Waals surface area (Å²) in [4.78, 5) is 0.470. The molecule has 5 nitrogen and oxygen atoms in total. The van der Waals surface area contributed by atoms with E-state index in [1.54, 1.807) is 17.7 Å². The molecule has 18 heavy (non-hydrogen) atoms. The minimum absolute atomic E-state index is 0.0175. The van der Waals surface area contributed by atoms with Crippen molar-refractivity contribution in [1.29, 1.82) is 5.26 Å². The maximum absolute atomic E-state index is 13.4. The van der Waals surface area contributed by atoms with Gasteiger partial charge in [-0.15, -0.1) is 10.2 Å². The van der Waals surface area contributed by atoms with Crippen LogP contribution in [0.4, 0.5) is 4.39 Å². The number of rotatable bonds is 3. The summed E-state index contributed by atoms with van der Waals surface area (Å²) in [7, 11) is 1.69. The highest BCUT2D eigenvalue weighted by Crippen LogP contribution is 2.30. The SMILES string of the molecule is Cn1c(CO)nnc1Sc1cccc(F)c1C#N. The first-order chi connectivity index (χ1) is 8.67. The summed E-state index contributed by atoms with van der Waals surface area (Å²) >= 11 is 1.13. The van der Waals surface area contributed by atoms with Crippen LogP contribution in [0.2, 0.25) is 0 Å². The lowest BCUT2D eigenvalue weighted by atomic mass is 10.2. The lowest BCUT2D eigenvalue weighted by Gasteiger charge is -2.04. The van der Waals surface area contributed by atoms with Crippen molar-refractivity contribution in [3.8, 4) is 6.07 Å². The molecule has 0 aliphatic rings. The van der Waals surface area contributed by atoms with Gasteiger partial charge in [-0.3, -0.25) is 0 Å². The average Bonchev–Trinajstić information content (AvgIpc) is 2.71. The summed E-state index contributed by atoms with van der Waals surface area (Å²) in [6, 6.07) is 6.22. The third-order valence-corrected chi connectivity index (χ3v) is 3.45. The van der Waals surface area contributed by atoms with Gasteiger partial charge in [-0.25, -0.2) is 4.39 Å². The Labute approximate surface area is 107 Å². The third kappa shape index (κ3) is 2.20. The standard InChI is InChI=1S/C11H9FN4OS/c1-16-10(6-17)14-15-11(16)18-9-4-2-3-8(12)7(9)5-13/h2-4,17H,6H2,1H3. The maximum Gasteiger partial charge on any atom is 0.195 e. The van der Waals surface area contributed by atoms with Crippen LogP contribution in [0.25, 0.3) is 0 Å². The van der Waals surface area contributed by atoms with E-state index in [2.05, 4.69) is 10.2 Å². The molecule has 0 saturated heterocycles. The molecule has 1 N–H and O–H groups in total. The minimum Gasteiger partial charge on any atom is -0.388 e. The lowest BCUT2D eigenvalue weighted by Crippen LogP contribution is -1.98. The van der Waals surface area contributed by atoms with E-state index in [0.717, 1.165) is 11.8 Å². The van der Waals surface area contributed by atoms with E-state index in [4.69, 9.17) is 10.4 Å². The van der Waals surface area contributed by atoms with Crippen molar-refractivity contribution in [2.75, 3.05) is 0 Å². The Morgan fingerprint density at radius 3 is 2.89 bits per heavy atom. The molecule has 0 radical (unpaired) electrons. The summed E-state index contributed by atoms with van der Waals surface area (Å²) < 4.78 is 15.0. The normalized spacial score (nSPS) is 10.3. The second-order valence-corrected chi connectivity index (χ2v) is 4.45. The molecular weight excluding hydrogens is 255 g/mol. The van der Waals surface area contributed by atoms with Gasteiger partial charge in [0.1, 0.15) is 24.1 Å². The van der Waals surface area contributed by atoms with E-state index in [0.29, 0.717) is 15.9 Å². The molecule has 1 aromatic heterocycles. The number of nitriles is 1. The van der Waals surface area contributed by atoms with Gasteiger partial charge in [-0.1, -0.05) is 6.07 Å². The van der Waals surface area contributed by atoms with Crippen LogP contribution in [-0.2, 0) is 13.7 Å². The van der Waals surface area contributed by atoms with E-state index >= 15 is 0 Å².